The number of nitrogens with one attached hydrogen (secondary N) is 1. The van der Waals surface area contributed by atoms with E-state index in [4.69, 9.17) is 9.47 Å². The number of thiazole rings is 1. The number of amides is 1. The second-order valence-corrected chi connectivity index (χ2v) is 7.85. The molecule has 0 unspecified atom stereocenters. The Balaban J connectivity index is 1.42. The molecule has 4 rings (SSSR count). The molecule has 0 radical (unpaired) electrons. The lowest BCUT2D eigenvalue weighted by Crippen LogP contribution is -2.36. The highest BCUT2D eigenvalue weighted by Crippen LogP contribution is 2.35. The van der Waals surface area contributed by atoms with Gasteiger partial charge in [0, 0.05) is 18.5 Å². The molecule has 0 saturated carbocycles. The number of benzene rings is 1. The summed E-state index contributed by atoms with van der Waals surface area (Å²) in [4.78, 5) is 21.7. The predicted molar refractivity (Wildman–Crippen MR) is 104 cm³/mol. The summed E-state index contributed by atoms with van der Waals surface area (Å²) in [5.74, 6) is 1.34. The van der Waals surface area contributed by atoms with Gasteiger partial charge in [0.15, 0.2) is 16.6 Å². The van der Waals surface area contributed by atoms with Crippen molar-refractivity contribution in [3.8, 4) is 11.5 Å². The van der Waals surface area contributed by atoms with E-state index in [9.17, 15) is 4.79 Å². The smallest absolute Gasteiger partial charge is 0.242 e. The normalized spacial score (nSPS) is 16.8. The number of hydrogen-bond donors (Lipinski definition) is 1. The molecule has 1 aromatic heterocycles. The van der Waals surface area contributed by atoms with Crippen LogP contribution in [-0.4, -0.2) is 49.8 Å². The highest BCUT2D eigenvalue weighted by Gasteiger charge is 2.25. The molecule has 2 aliphatic rings. The maximum absolute atomic E-state index is 12.9. The summed E-state index contributed by atoms with van der Waals surface area (Å²) in [5, 5.41) is 6.10. The van der Waals surface area contributed by atoms with E-state index in [1.54, 1.807) is 11.3 Å². The van der Waals surface area contributed by atoms with E-state index in [1.165, 1.54) is 12.8 Å². The number of anilines is 1. The van der Waals surface area contributed by atoms with Crippen molar-refractivity contribution in [2.24, 2.45) is 0 Å². The molecular formula is C19H24N4O3S. The number of ether oxygens (including phenoxy) is 2. The molecule has 0 bridgehead atoms. The fraction of sp³-hybridized carbons (Fsp3) is 0.474. The van der Waals surface area contributed by atoms with E-state index in [0.29, 0.717) is 18.0 Å². The lowest BCUT2D eigenvalue weighted by Gasteiger charge is -2.24. The summed E-state index contributed by atoms with van der Waals surface area (Å²) in [5.41, 5.74) is 1.77. The molecule has 8 heteroatoms. The fourth-order valence-corrected chi connectivity index (χ4v) is 4.35. The van der Waals surface area contributed by atoms with E-state index < -0.39 is 6.04 Å². The first kappa shape index (κ1) is 18.1. The van der Waals surface area contributed by atoms with Gasteiger partial charge in [-0.1, -0.05) is 6.07 Å². The Bertz CT molecular complexity index is 817. The molecule has 144 valence electrons. The Kier molecular flexibility index (Phi) is 5.18. The molecular weight excluding hydrogens is 364 g/mol. The molecule has 0 spiro atoms. The molecule has 0 aliphatic carbocycles. The molecule has 27 heavy (non-hydrogen) atoms. The Morgan fingerprint density at radius 1 is 1.30 bits per heavy atom. The Morgan fingerprint density at radius 2 is 2.07 bits per heavy atom. The zero-order chi connectivity index (χ0) is 18.8. The van der Waals surface area contributed by atoms with Crippen molar-refractivity contribution >= 4 is 22.4 Å². The monoisotopic (exact) mass is 388 g/mol. The van der Waals surface area contributed by atoms with E-state index in [2.05, 4.69) is 15.2 Å². The van der Waals surface area contributed by atoms with Gasteiger partial charge in [0.1, 0.15) is 6.04 Å². The van der Waals surface area contributed by atoms with Crippen LogP contribution in [0.2, 0.25) is 0 Å². The second kappa shape index (κ2) is 7.74. The highest BCUT2D eigenvalue weighted by molar-refractivity contribution is 7.13. The minimum Gasteiger partial charge on any atom is -0.454 e. The van der Waals surface area contributed by atoms with Crippen LogP contribution in [0.1, 0.15) is 30.1 Å². The molecule has 1 amide bonds. The van der Waals surface area contributed by atoms with Crippen LogP contribution < -0.4 is 19.7 Å². The molecule has 1 N–H and O–H groups in total. The van der Waals surface area contributed by atoms with E-state index in [0.717, 1.165) is 29.5 Å². The minimum absolute atomic E-state index is 0.0606. The van der Waals surface area contributed by atoms with Gasteiger partial charge in [0.25, 0.3) is 0 Å². The predicted octanol–water partition coefficient (Wildman–Crippen LogP) is 2.39. The highest BCUT2D eigenvalue weighted by atomic mass is 32.1. The first-order valence-electron chi connectivity index (χ1n) is 9.15. The SMILES string of the molecule is CN(C)[C@@H](C(=O)NCc1csc(N2CCCC2)n1)c1ccc2c(c1)OCO2. The van der Waals surface area contributed by atoms with Crippen LogP contribution in [-0.2, 0) is 11.3 Å². The molecule has 3 heterocycles. The van der Waals surface area contributed by atoms with Gasteiger partial charge in [0.2, 0.25) is 12.7 Å². The lowest BCUT2D eigenvalue weighted by molar-refractivity contribution is -0.126. The van der Waals surface area contributed by atoms with Crippen molar-refractivity contribution in [3.63, 3.8) is 0 Å². The van der Waals surface area contributed by atoms with Crippen LogP contribution in [0, 0.1) is 0 Å². The van der Waals surface area contributed by atoms with Gasteiger partial charge in [-0.15, -0.1) is 11.3 Å². The van der Waals surface area contributed by atoms with Gasteiger partial charge in [-0.2, -0.15) is 0 Å². The van der Waals surface area contributed by atoms with Crippen molar-refractivity contribution in [2.75, 3.05) is 38.9 Å². The molecule has 7 nitrogen and oxygen atoms in total. The zero-order valence-electron chi connectivity index (χ0n) is 15.6. The summed E-state index contributed by atoms with van der Waals surface area (Å²) in [6, 6.07) is 5.23. The zero-order valence-corrected chi connectivity index (χ0v) is 16.4. The number of nitrogens with zero attached hydrogens (tertiary/aromatic N) is 3. The molecule has 1 atom stereocenters. The van der Waals surface area contributed by atoms with E-state index >= 15 is 0 Å². The maximum atomic E-state index is 12.9. The van der Waals surface area contributed by atoms with Crippen LogP contribution in [0.15, 0.2) is 23.6 Å². The molecule has 1 fully saturated rings. The van der Waals surface area contributed by atoms with Crippen LogP contribution in [0.5, 0.6) is 11.5 Å². The largest absolute Gasteiger partial charge is 0.454 e. The maximum Gasteiger partial charge on any atom is 0.242 e. The number of hydrogen-bond acceptors (Lipinski definition) is 7. The number of aromatic nitrogens is 1. The fourth-order valence-electron chi connectivity index (χ4n) is 3.47. The summed E-state index contributed by atoms with van der Waals surface area (Å²) >= 11 is 1.65. The average Bonchev–Trinajstić information content (AvgIpc) is 3.39. The third-order valence-electron chi connectivity index (χ3n) is 4.84. The number of carbonyl (C=O) groups is 1. The summed E-state index contributed by atoms with van der Waals surface area (Å²) in [6.07, 6.45) is 2.46. The standard InChI is InChI=1S/C19H24N4O3S/c1-22(2)17(13-5-6-15-16(9-13)26-12-25-15)18(24)20-10-14-11-27-19(21-14)23-7-3-4-8-23/h5-6,9,11,17H,3-4,7-8,10,12H2,1-2H3,(H,20,24)/t17-/m1/s1. The summed E-state index contributed by atoms with van der Waals surface area (Å²) < 4.78 is 10.8. The average molecular weight is 388 g/mol. The van der Waals surface area contributed by atoms with Gasteiger partial charge >= 0.3 is 0 Å². The van der Waals surface area contributed by atoms with Crippen molar-refractivity contribution in [2.45, 2.75) is 25.4 Å². The first-order chi connectivity index (χ1) is 13.1. The van der Waals surface area contributed by atoms with E-state index in [-0.39, 0.29) is 12.7 Å². The van der Waals surface area contributed by atoms with Gasteiger partial charge in [-0.3, -0.25) is 9.69 Å². The molecule has 2 aromatic rings. The first-order valence-corrected chi connectivity index (χ1v) is 10.0. The summed E-state index contributed by atoms with van der Waals surface area (Å²) in [6.45, 7) is 2.80. The number of rotatable bonds is 6. The molecule has 1 aromatic carbocycles. The van der Waals surface area contributed by atoms with Crippen molar-refractivity contribution in [1.29, 1.82) is 0 Å². The topological polar surface area (TPSA) is 66.9 Å². The third-order valence-corrected chi connectivity index (χ3v) is 5.79. The van der Waals surface area contributed by atoms with Crippen LogP contribution in [0.4, 0.5) is 5.13 Å². The number of carbonyl (C=O) groups excluding carboxylic acids is 1. The van der Waals surface area contributed by atoms with Gasteiger partial charge in [-0.05, 0) is 44.6 Å². The van der Waals surface area contributed by atoms with Crippen molar-refractivity contribution in [1.82, 2.24) is 15.2 Å². The van der Waals surface area contributed by atoms with E-state index in [1.807, 2.05) is 42.6 Å². The molecule has 1 saturated heterocycles. The van der Waals surface area contributed by atoms with Gasteiger partial charge in [0.05, 0.1) is 12.2 Å². The van der Waals surface area contributed by atoms with Crippen LogP contribution in [0.25, 0.3) is 0 Å². The van der Waals surface area contributed by atoms with Crippen LogP contribution >= 0.6 is 11.3 Å². The Labute approximate surface area is 162 Å². The Hall–Kier alpha value is -2.32. The summed E-state index contributed by atoms with van der Waals surface area (Å²) in [7, 11) is 3.78. The van der Waals surface area contributed by atoms with Crippen LogP contribution in [0.3, 0.4) is 0 Å². The second-order valence-electron chi connectivity index (χ2n) is 7.01. The van der Waals surface area contributed by atoms with Crippen molar-refractivity contribution in [3.05, 3.63) is 34.8 Å². The minimum atomic E-state index is -0.406. The quantitative estimate of drug-likeness (QED) is 0.820. The van der Waals surface area contributed by atoms with Crippen molar-refractivity contribution < 1.29 is 14.3 Å². The third kappa shape index (κ3) is 3.86. The number of likely N-dealkylation sites (N-methyl/N-ethyl adjacent to an activating group) is 1. The Morgan fingerprint density at radius 3 is 2.85 bits per heavy atom. The van der Waals surface area contributed by atoms with Gasteiger partial charge < -0.3 is 19.7 Å². The number of fused-ring (bicyclic) bond motifs is 1. The van der Waals surface area contributed by atoms with Gasteiger partial charge in [-0.25, -0.2) is 4.98 Å². The molecule has 2 aliphatic heterocycles. The lowest BCUT2D eigenvalue weighted by atomic mass is 10.0.